The SMILES string of the molecule is C[C@H](C(=O)O)[C@H](c1cccc(OCC2CC(Oc3c(F)cccc3F)C2)c1)C1CC1. The first-order chi connectivity index (χ1) is 14.4. The lowest BCUT2D eigenvalue weighted by molar-refractivity contribution is -0.142. The van der Waals surface area contributed by atoms with E-state index in [9.17, 15) is 18.7 Å². The molecule has 2 aliphatic carbocycles. The lowest BCUT2D eigenvalue weighted by Gasteiger charge is -2.35. The van der Waals surface area contributed by atoms with Crippen LogP contribution < -0.4 is 9.47 Å². The number of carboxylic acid groups (broad SMARTS) is 1. The zero-order chi connectivity index (χ0) is 21.3. The van der Waals surface area contributed by atoms with Crippen molar-refractivity contribution in [1.29, 1.82) is 0 Å². The minimum atomic E-state index is -0.773. The number of carbonyl (C=O) groups is 1. The summed E-state index contributed by atoms with van der Waals surface area (Å²) in [6.07, 6.45) is 3.27. The molecule has 0 saturated heterocycles. The van der Waals surface area contributed by atoms with E-state index in [4.69, 9.17) is 9.47 Å². The van der Waals surface area contributed by atoms with Gasteiger partial charge in [-0.15, -0.1) is 0 Å². The molecule has 0 spiro atoms. The molecule has 4 nitrogen and oxygen atoms in total. The number of ether oxygens (including phenoxy) is 2. The van der Waals surface area contributed by atoms with Gasteiger partial charge in [0, 0.05) is 0 Å². The number of rotatable bonds is 9. The Bertz CT molecular complexity index is 886. The fraction of sp³-hybridized carbons (Fsp3) is 0.458. The number of para-hydroxylation sites is 1. The van der Waals surface area contributed by atoms with Crippen molar-refractivity contribution in [3.63, 3.8) is 0 Å². The zero-order valence-corrected chi connectivity index (χ0v) is 16.9. The Hall–Kier alpha value is -2.63. The van der Waals surface area contributed by atoms with E-state index in [-0.39, 0.29) is 23.7 Å². The van der Waals surface area contributed by atoms with Crippen LogP contribution in [0.1, 0.15) is 44.1 Å². The van der Waals surface area contributed by atoms with Crippen LogP contribution in [0, 0.1) is 29.4 Å². The number of hydrogen-bond donors (Lipinski definition) is 1. The van der Waals surface area contributed by atoms with Crippen LogP contribution in [0.2, 0.25) is 0 Å². The highest BCUT2D eigenvalue weighted by Gasteiger charge is 2.39. The molecule has 2 saturated carbocycles. The van der Waals surface area contributed by atoms with Gasteiger partial charge in [0.2, 0.25) is 0 Å². The van der Waals surface area contributed by atoms with Gasteiger partial charge < -0.3 is 14.6 Å². The average Bonchev–Trinajstić information content (AvgIpc) is 3.51. The lowest BCUT2D eigenvalue weighted by atomic mass is 9.82. The molecule has 0 aliphatic heterocycles. The molecular formula is C24H26F2O4. The minimum Gasteiger partial charge on any atom is -0.493 e. The van der Waals surface area contributed by atoms with Crippen molar-refractivity contribution in [2.24, 2.45) is 17.8 Å². The van der Waals surface area contributed by atoms with Crippen LogP contribution in [0.3, 0.4) is 0 Å². The molecule has 2 aromatic carbocycles. The van der Waals surface area contributed by atoms with Gasteiger partial charge in [0.1, 0.15) is 5.75 Å². The highest BCUT2D eigenvalue weighted by Crippen LogP contribution is 2.47. The summed E-state index contributed by atoms with van der Waals surface area (Å²) in [6, 6.07) is 11.4. The molecule has 0 aromatic heterocycles. The van der Waals surface area contributed by atoms with Crippen molar-refractivity contribution >= 4 is 5.97 Å². The Morgan fingerprint density at radius 2 is 1.80 bits per heavy atom. The summed E-state index contributed by atoms with van der Waals surface area (Å²) in [4.78, 5) is 11.5. The molecule has 2 atom stereocenters. The van der Waals surface area contributed by atoms with E-state index in [1.165, 1.54) is 18.2 Å². The van der Waals surface area contributed by atoms with Gasteiger partial charge in [-0.25, -0.2) is 8.78 Å². The van der Waals surface area contributed by atoms with Gasteiger partial charge in [-0.05, 0) is 73.3 Å². The predicted octanol–water partition coefficient (Wildman–Crippen LogP) is 5.42. The monoisotopic (exact) mass is 416 g/mol. The molecule has 0 radical (unpaired) electrons. The van der Waals surface area contributed by atoms with E-state index in [2.05, 4.69) is 0 Å². The Morgan fingerprint density at radius 3 is 2.43 bits per heavy atom. The van der Waals surface area contributed by atoms with Crippen LogP contribution in [-0.4, -0.2) is 23.8 Å². The van der Waals surface area contributed by atoms with E-state index in [1.807, 2.05) is 24.3 Å². The van der Waals surface area contributed by atoms with Crippen molar-refractivity contribution in [3.8, 4) is 11.5 Å². The molecule has 30 heavy (non-hydrogen) atoms. The molecule has 0 unspecified atom stereocenters. The molecule has 6 heteroatoms. The van der Waals surface area contributed by atoms with E-state index < -0.39 is 23.5 Å². The summed E-state index contributed by atoms with van der Waals surface area (Å²) < 4.78 is 38.8. The zero-order valence-electron chi connectivity index (χ0n) is 16.9. The highest BCUT2D eigenvalue weighted by atomic mass is 19.1. The number of carboxylic acids is 1. The molecule has 0 bridgehead atoms. The smallest absolute Gasteiger partial charge is 0.306 e. The van der Waals surface area contributed by atoms with Gasteiger partial charge in [0.05, 0.1) is 18.6 Å². The molecule has 2 fully saturated rings. The topological polar surface area (TPSA) is 55.8 Å². The Morgan fingerprint density at radius 1 is 1.13 bits per heavy atom. The number of benzene rings is 2. The largest absolute Gasteiger partial charge is 0.493 e. The Kier molecular flexibility index (Phi) is 5.93. The van der Waals surface area contributed by atoms with E-state index in [1.54, 1.807) is 6.92 Å². The van der Waals surface area contributed by atoms with Crippen LogP contribution >= 0.6 is 0 Å². The third kappa shape index (κ3) is 4.58. The van der Waals surface area contributed by atoms with E-state index >= 15 is 0 Å². The third-order valence-corrected chi connectivity index (χ3v) is 6.18. The summed E-state index contributed by atoms with van der Waals surface area (Å²) in [5, 5.41) is 9.45. The highest BCUT2D eigenvalue weighted by molar-refractivity contribution is 5.71. The van der Waals surface area contributed by atoms with E-state index in [0.717, 1.165) is 24.2 Å². The molecule has 0 amide bonds. The second-order valence-corrected chi connectivity index (χ2v) is 8.50. The van der Waals surface area contributed by atoms with Crippen molar-refractivity contribution in [2.45, 2.75) is 44.6 Å². The first-order valence-corrected chi connectivity index (χ1v) is 10.5. The number of hydrogen-bond acceptors (Lipinski definition) is 3. The second-order valence-electron chi connectivity index (χ2n) is 8.50. The van der Waals surface area contributed by atoms with Crippen molar-refractivity contribution in [2.75, 3.05) is 6.61 Å². The summed E-state index contributed by atoms with van der Waals surface area (Å²) in [6.45, 7) is 2.26. The van der Waals surface area contributed by atoms with Crippen LogP contribution in [0.5, 0.6) is 11.5 Å². The fourth-order valence-corrected chi connectivity index (χ4v) is 4.27. The molecule has 4 rings (SSSR count). The van der Waals surface area contributed by atoms with Gasteiger partial charge in [-0.2, -0.15) is 0 Å². The van der Waals surface area contributed by atoms with Gasteiger partial charge in [0.15, 0.2) is 17.4 Å². The normalized spacial score (nSPS) is 22.6. The van der Waals surface area contributed by atoms with Crippen LogP contribution in [0.15, 0.2) is 42.5 Å². The summed E-state index contributed by atoms with van der Waals surface area (Å²) in [5.41, 5.74) is 1.01. The van der Waals surface area contributed by atoms with Gasteiger partial charge in [-0.3, -0.25) is 4.79 Å². The van der Waals surface area contributed by atoms with Crippen LogP contribution in [-0.2, 0) is 4.79 Å². The fourth-order valence-electron chi connectivity index (χ4n) is 4.27. The van der Waals surface area contributed by atoms with Gasteiger partial charge in [0.25, 0.3) is 0 Å². The van der Waals surface area contributed by atoms with Crippen LogP contribution in [0.4, 0.5) is 8.78 Å². The first-order valence-electron chi connectivity index (χ1n) is 10.5. The van der Waals surface area contributed by atoms with E-state index in [0.29, 0.717) is 25.4 Å². The first kappa shape index (κ1) is 20.6. The summed E-state index contributed by atoms with van der Waals surface area (Å²) >= 11 is 0. The molecule has 1 N–H and O–H groups in total. The predicted molar refractivity (Wildman–Crippen MR) is 108 cm³/mol. The molecule has 160 valence electrons. The van der Waals surface area contributed by atoms with Gasteiger partial charge in [-0.1, -0.05) is 25.1 Å². The summed E-state index contributed by atoms with van der Waals surface area (Å²) in [5.74, 6) is -1.49. The third-order valence-electron chi connectivity index (χ3n) is 6.18. The molecule has 0 heterocycles. The Labute approximate surface area is 174 Å². The average molecular weight is 416 g/mol. The number of halogens is 2. The minimum absolute atomic E-state index is 0.00296. The second kappa shape index (κ2) is 8.62. The number of aliphatic carboxylic acids is 1. The molecule has 2 aromatic rings. The van der Waals surface area contributed by atoms with Crippen molar-refractivity contribution in [3.05, 3.63) is 59.7 Å². The molecule has 2 aliphatic rings. The standard InChI is InChI=1S/C24H26F2O4/c1-14(24(27)28)22(16-8-9-16)17-4-2-5-18(12-17)29-13-15-10-19(11-15)30-23-20(25)6-3-7-21(23)26/h2-7,12,14-16,19,22H,8-11,13H2,1H3,(H,27,28)/t14-,15?,19?,22-/m0/s1. The van der Waals surface area contributed by atoms with Crippen molar-refractivity contribution in [1.82, 2.24) is 0 Å². The maximum Gasteiger partial charge on any atom is 0.306 e. The van der Waals surface area contributed by atoms with Crippen molar-refractivity contribution < 1.29 is 28.2 Å². The maximum atomic E-state index is 13.7. The van der Waals surface area contributed by atoms with Gasteiger partial charge >= 0.3 is 5.97 Å². The lowest BCUT2D eigenvalue weighted by Crippen LogP contribution is -2.37. The summed E-state index contributed by atoms with van der Waals surface area (Å²) in [7, 11) is 0. The quantitative estimate of drug-likeness (QED) is 0.593. The Balaban J connectivity index is 1.30. The maximum absolute atomic E-state index is 13.7. The van der Waals surface area contributed by atoms with Crippen LogP contribution in [0.25, 0.3) is 0 Å². The molecular weight excluding hydrogens is 390 g/mol.